The van der Waals surface area contributed by atoms with Gasteiger partial charge >= 0.3 is 6.03 Å². The van der Waals surface area contributed by atoms with Crippen molar-refractivity contribution in [2.75, 3.05) is 16.8 Å². The van der Waals surface area contributed by atoms with Gasteiger partial charge in [0.1, 0.15) is 17.1 Å². The van der Waals surface area contributed by atoms with Gasteiger partial charge in [-0.1, -0.05) is 34.1 Å². The van der Waals surface area contributed by atoms with Gasteiger partial charge in [0, 0.05) is 15.7 Å². The normalized spacial score (nSPS) is 14.6. The van der Waals surface area contributed by atoms with Gasteiger partial charge in [-0.2, -0.15) is 0 Å². The van der Waals surface area contributed by atoms with Gasteiger partial charge in [0.15, 0.2) is 6.61 Å². The number of barbiturate groups is 1. The summed E-state index contributed by atoms with van der Waals surface area (Å²) < 4.78 is 6.34. The summed E-state index contributed by atoms with van der Waals surface area (Å²) in [6.45, 7) is 1.55. The Morgan fingerprint density at radius 1 is 1.08 bits per heavy atom. The number of imide groups is 2. The second-order valence-corrected chi connectivity index (χ2v) is 8.72. The van der Waals surface area contributed by atoms with Crippen molar-refractivity contribution in [2.45, 2.75) is 6.92 Å². The van der Waals surface area contributed by atoms with Crippen molar-refractivity contribution >= 4 is 57.1 Å². The van der Waals surface area contributed by atoms with Crippen molar-refractivity contribution < 1.29 is 29.0 Å². The third-order valence-electron chi connectivity index (χ3n) is 5.26. The molecule has 1 aliphatic rings. The molecule has 0 aliphatic carbocycles. The van der Waals surface area contributed by atoms with Crippen LogP contribution in [0.4, 0.5) is 16.2 Å². The highest BCUT2D eigenvalue weighted by molar-refractivity contribution is 9.10. The molecule has 3 aromatic carbocycles. The molecule has 0 unspecified atom stereocenters. The van der Waals surface area contributed by atoms with E-state index in [1.165, 1.54) is 30.3 Å². The van der Waals surface area contributed by atoms with Crippen LogP contribution in [0.2, 0.25) is 0 Å². The molecule has 0 radical (unpaired) electrons. The van der Waals surface area contributed by atoms with E-state index >= 15 is 0 Å². The molecule has 182 valence electrons. The van der Waals surface area contributed by atoms with Crippen LogP contribution in [0.3, 0.4) is 0 Å². The Hall–Kier alpha value is -4.44. The molecule has 36 heavy (non-hydrogen) atoms. The summed E-state index contributed by atoms with van der Waals surface area (Å²) in [4.78, 5) is 51.3. The molecule has 0 spiro atoms. The minimum atomic E-state index is -0.911. The van der Waals surface area contributed by atoms with E-state index < -0.39 is 17.8 Å². The van der Waals surface area contributed by atoms with Crippen LogP contribution in [0.15, 0.2) is 76.8 Å². The smallest absolute Gasteiger partial charge is 0.335 e. The zero-order valence-electron chi connectivity index (χ0n) is 18.9. The molecule has 1 aliphatic heterocycles. The Labute approximate surface area is 214 Å². The number of hydrogen-bond acceptors (Lipinski definition) is 6. The molecular formula is C26H20BrN3O6. The molecule has 1 fully saturated rings. The minimum Gasteiger partial charge on any atom is -0.508 e. The Kier molecular flexibility index (Phi) is 7.16. The van der Waals surface area contributed by atoms with Crippen molar-refractivity contribution in [1.82, 2.24) is 5.32 Å². The first-order valence-electron chi connectivity index (χ1n) is 10.7. The Morgan fingerprint density at radius 2 is 1.81 bits per heavy atom. The van der Waals surface area contributed by atoms with Crippen molar-refractivity contribution in [1.29, 1.82) is 0 Å². The lowest BCUT2D eigenvalue weighted by Gasteiger charge is -2.26. The van der Waals surface area contributed by atoms with Crippen molar-refractivity contribution in [3.63, 3.8) is 0 Å². The number of hydrogen-bond donors (Lipinski definition) is 3. The lowest BCUT2D eigenvalue weighted by Crippen LogP contribution is -2.54. The van der Waals surface area contributed by atoms with Crippen LogP contribution in [0, 0.1) is 6.92 Å². The number of aryl methyl sites for hydroxylation is 1. The van der Waals surface area contributed by atoms with Gasteiger partial charge in [-0.25, -0.2) is 9.69 Å². The Morgan fingerprint density at radius 3 is 2.53 bits per heavy atom. The number of phenolic OH excluding ortho intramolecular Hbond substituents is 1. The van der Waals surface area contributed by atoms with Crippen LogP contribution in [-0.2, 0) is 14.4 Å². The van der Waals surface area contributed by atoms with E-state index in [4.69, 9.17) is 4.74 Å². The zero-order valence-corrected chi connectivity index (χ0v) is 20.5. The summed E-state index contributed by atoms with van der Waals surface area (Å²) in [6, 6.07) is 16.7. The second kappa shape index (κ2) is 10.4. The summed E-state index contributed by atoms with van der Waals surface area (Å²) in [5, 5.41) is 14.4. The predicted molar refractivity (Wildman–Crippen MR) is 137 cm³/mol. The number of aromatic hydroxyl groups is 1. The van der Waals surface area contributed by atoms with E-state index in [2.05, 4.69) is 26.6 Å². The molecule has 0 atom stereocenters. The largest absolute Gasteiger partial charge is 0.508 e. The van der Waals surface area contributed by atoms with Gasteiger partial charge in [-0.05, 0) is 67.1 Å². The molecule has 9 nitrogen and oxygen atoms in total. The number of carbonyl (C=O) groups excluding carboxylic acids is 4. The number of phenols is 1. The number of nitrogens with zero attached hydrogens (tertiary/aromatic N) is 1. The lowest BCUT2D eigenvalue weighted by atomic mass is 10.1. The van der Waals surface area contributed by atoms with E-state index in [1.807, 2.05) is 19.1 Å². The molecule has 0 aromatic heterocycles. The maximum Gasteiger partial charge on any atom is 0.335 e. The van der Waals surface area contributed by atoms with Gasteiger partial charge in [0.2, 0.25) is 0 Å². The summed E-state index contributed by atoms with van der Waals surface area (Å²) >= 11 is 3.35. The number of anilines is 2. The molecule has 5 amide bonds. The number of urea groups is 1. The number of halogens is 1. The number of ether oxygens (including phenoxy) is 1. The summed E-state index contributed by atoms with van der Waals surface area (Å²) in [5.74, 6) is -1.90. The average molecular weight is 550 g/mol. The van der Waals surface area contributed by atoms with E-state index in [0.717, 1.165) is 10.5 Å². The van der Waals surface area contributed by atoms with E-state index in [9.17, 15) is 24.3 Å². The van der Waals surface area contributed by atoms with E-state index in [0.29, 0.717) is 15.7 Å². The van der Waals surface area contributed by atoms with Crippen LogP contribution in [0.25, 0.3) is 6.08 Å². The third kappa shape index (κ3) is 5.44. The quantitative estimate of drug-likeness (QED) is 0.313. The second-order valence-electron chi connectivity index (χ2n) is 7.81. The summed E-state index contributed by atoms with van der Waals surface area (Å²) in [6.07, 6.45) is 1.29. The highest BCUT2D eigenvalue weighted by Crippen LogP contribution is 2.28. The van der Waals surface area contributed by atoms with Gasteiger partial charge in [-0.3, -0.25) is 19.7 Å². The fourth-order valence-corrected chi connectivity index (χ4v) is 3.83. The van der Waals surface area contributed by atoms with Gasteiger partial charge < -0.3 is 15.2 Å². The van der Waals surface area contributed by atoms with Crippen molar-refractivity contribution in [3.8, 4) is 11.5 Å². The molecule has 10 heteroatoms. The molecular weight excluding hydrogens is 530 g/mol. The minimum absolute atomic E-state index is 0.0437. The first-order chi connectivity index (χ1) is 17.2. The standard InChI is InChI=1S/C26H20BrN3O6/c1-15-4-2-3-5-21(15)28-23(32)14-36-22-11-6-17(27)12-16(22)13-20-24(33)29-26(35)30(25(20)34)18-7-9-19(31)10-8-18/h2-13,31H,14H2,1H3,(H,28,32)(H,29,33,35)/b20-13-. The van der Waals surface area contributed by atoms with E-state index in [-0.39, 0.29) is 35.3 Å². The van der Waals surface area contributed by atoms with Crippen LogP contribution < -0.4 is 20.3 Å². The lowest BCUT2D eigenvalue weighted by molar-refractivity contribution is -0.122. The molecule has 1 saturated heterocycles. The first-order valence-corrected chi connectivity index (χ1v) is 11.5. The van der Waals surface area contributed by atoms with Crippen LogP contribution in [0.5, 0.6) is 11.5 Å². The molecule has 4 rings (SSSR count). The maximum atomic E-state index is 13.1. The summed E-state index contributed by atoms with van der Waals surface area (Å²) in [7, 11) is 0. The monoisotopic (exact) mass is 549 g/mol. The van der Waals surface area contributed by atoms with Gasteiger partial charge in [-0.15, -0.1) is 0 Å². The average Bonchev–Trinajstić information content (AvgIpc) is 2.84. The topological polar surface area (TPSA) is 125 Å². The zero-order chi connectivity index (χ0) is 25.8. The van der Waals surface area contributed by atoms with Crippen LogP contribution in [-0.4, -0.2) is 35.5 Å². The number of carbonyl (C=O) groups is 4. The van der Waals surface area contributed by atoms with Gasteiger partial charge in [0.05, 0.1) is 5.69 Å². The SMILES string of the molecule is Cc1ccccc1NC(=O)COc1ccc(Br)cc1/C=C1/C(=O)NC(=O)N(c2ccc(O)cc2)C1=O. The fraction of sp³-hybridized carbons (Fsp3) is 0.0769. The third-order valence-corrected chi connectivity index (χ3v) is 5.75. The van der Waals surface area contributed by atoms with Crippen LogP contribution in [0.1, 0.15) is 11.1 Å². The van der Waals surface area contributed by atoms with Crippen molar-refractivity contribution in [2.24, 2.45) is 0 Å². The first kappa shape index (κ1) is 24.7. The molecule has 0 bridgehead atoms. The molecule has 1 heterocycles. The van der Waals surface area contributed by atoms with E-state index in [1.54, 1.807) is 30.3 Å². The predicted octanol–water partition coefficient (Wildman–Crippen LogP) is 4.15. The van der Waals surface area contributed by atoms with Gasteiger partial charge in [0.25, 0.3) is 17.7 Å². The number of nitrogens with one attached hydrogen (secondary N) is 2. The highest BCUT2D eigenvalue weighted by Gasteiger charge is 2.37. The number of amides is 5. The van der Waals surface area contributed by atoms with Crippen molar-refractivity contribution in [3.05, 3.63) is 87.9 Å². The molecule has 0 saturated carbocycles. The molecule has 3 aromatic rings. The number of rotatable bonds is 6. The Balaban J connectivity index is 1.58. The summed E-state index contributed by atoms with van der Waals surface area (Å²) in [5.41, 5.74) is 1.76. The molecule has 3 N–H and O–H groups in total. The fourth-order valence-electron chi connectivity index (χ4n) is 3.46. The highest BCUT2D eigenvalue weighted by atomic mass is 79.9. The maximum absolute atomic E-state index is 13.1. The Bertz CT molecular complexity index is 1400. The number of benzene rings is 3. The van der Waals surface area contributed by atoms with Crippen LogP contribution >= 0.6 is 15.9 Å². The number of para-hydroxylation sites is 1.